The summed E-state index contributed by atoms with van der Waals surface area (Å²) in [6.45, 7) is 4.99. The van der Waals surface area contributed by atoms with Gasteiger partial charge < -0.3 is 9.47 Å². The third-order valence-corrected chi connectivity index (χ3v) is 5.75. The second kappa shape index (κ2) is 4.39. The summed E-state index contributed by atoms with van der Waals surface area (Å²) in [7, 11) is 0. The number of ether oxygens (including phenoxy) is 2. The van der Waals surface area contributed by atoms with E-state index in [2.05, 4.69) is 16.5 Å². The summed E-state index contributed by atoms with van der Waals surface area (Å²) in [5, 5.41) is 1.51. The van der Waals surface area contributed by atoms with E-state index in [1.807, 2.05) is 18.2 Å². The summed E-state index contributed by atoms with van der Waals surface area (Å²) in [6, 6.07) is 0.0652. The standard InChI is InChI=1S/C13H17N3O3S/c1-3-7-12-16(6-14-7)11-9-10(20-12)8(19-11)5-15(9)13(17)18-4-2/h6,8-11H,3-5H2,1-2H3. The summed E-state index contributed by atoms with van der Waals surface area (Å²) in [5.41, 5.74) is 1.12. The minimum Gasteiger partial charge on any atom is -0.450 e. The summed E-state index contributed by atoms with van der Waals surface area (Å²) in [6.07, 6.45) is 2.53. The second-order valence-electron chi connectivity index (χ2n) is 5.25. The highest BCUT2D eigenvalue weighted by atomic mass is 32.2. The first kappa shape index (κ1) is 12.5. The van der Waals surface area contributed by atoms with Crippen LogP contribution >= 0.6 is 11.8 Å². The van der Waals surface area contributed by atoms with Crippen molar-refractivity contribution in [3.05, 3.63) is 12.0 Å². The molecule has 4 atom stereocenters. The van der Waals surface area contributed by atoms with Crippen molar-refractivity contribution in [2.75, 3.05) is 13.2 Å². The molecule has 0 N–H and O–H groups in total. The molecule has 6 nitrogen and oxygen atoms in total. The molecule has 20 heavy (non-hydrogen) atoms. The highest BCUT2D eigenvalue weighted by Crippen LogP contribution is 2.53. The molecule has 4 heterocycles. The van der Waals surface area contributed by atoms with Crippen LogP contribution in [0.25, 0.3) is 0 Å². The maximum absolute atomic E-state index is 12.1. The van der Waals surface area contributed by atoms with Gasteiger partial charge in [-0.2, -0.15) is 0 Å². The molecule has 0 radical (unpaired) electrons. The van der Waals surface area contributed by atoms with Crippen LogP contribution in [0.1, 0.15) is 25.8 Å². The molecule has 1 aromatic rings. The minimum absolute atomic E-state index is 0.0652. The largest absolute Gasteiger partial charge is 0.450 e. The number of carbonyl (C=O) groups excluding carboxylic acids is 1. The Kier molecular flexibility index (Phi) is 2.75. The maximum Gasteiger partial charge on any atom is 0.410 e. The number of aromatic nitrogens is 2. The molecule has 108 valence electrons. The molecule has 4 unspecified atom stereocenters. The fourth-order valence-corrected chi connectivity index (χ4v) is 4.95. The van der Waals surface area contributed by atoms with Gasteiger partial charge in [0.05, 0.1) is 42.6 Å². The van der Waals surface area contributed by atoms with Crippen LogP contribution < -0.4 is 0 Å². The van der Waals surface area contributed by atoms with Gasteiger partial charge in [-0.25, -0.2) is 9.78 Å². The Morgan fingerprint density at radius 1 is 1.60 bits per heavy atom. The van der Waals surface area contributed by atoms with Gasteiger partial charge in [-0.05, 0) is 13.3 Å². The van der Waals surface area contributed by atoms with E-state index < -0.39 is 0 Å². The lowest BCUT2D eigenvalue weighted by Gasteiger charge is -2.35. The van der Waals surface area contributed by atoms with Crippen molar-refractivity contribution < 1.29 is 14.3 Å². The molecule has 0 saturated carbocycles. The Labute approximate surface area is 121 Å². The number of hydrogen-bond acceptors (Lipinski definition) is 5. The average Bonchev–Trinajstić information content (AvgIpc) is 3.10. The topological polar surface area (TPSA) is 56.6 Å². The highest BCUT2D eigenvalue weighted by Gasteiger charge is 2.60. The zero-order valence-corrected chi connectivity index (χ0v) is 12.3. The van der Waals surface area contributed by atoms with Crippen molar-refractivity contribution in [1.29, 1.82) is 0 Å². The molecule has 3 aliphatic rings. The fourth-order valence-electron chi connectivity index (χ4n) is 3.36. The molecule has 0 spiro atoms. The number of nitrogens with zero attached hydrogens (tertiary/aromatic N) is 3. The van der Waals surface area contributed by atoms with Crippen molar-refractivity contribution in [1.82, 2.24) is 14.5 Å². The zero-order valence-electron chi connectivity index (χ0n) is 11.5. The molecule has 2 saturated heterocycles. The van der Waals surface area contributed by atoms with E-state index in [-0.39, 0.29) is 24.5 Å². The molecule has 4 bridgehead atoms. The molecule has 7 heteroatoms. The number of imidazole rings is 1. The molecule has 1 amide bonds. The van der Waals surface area contributed by atoms with Crippen LogP contribution in [0.2, 0.25) is 0 Å². The van der Waals surface area contributed by atoms with Crippen LogP contribution in [0.4, 0.5) is 4.79 Å². The Morgan fingerprint density at radius 3 is 3.20 bits per heavy atom. The first-order chi connectivity index (χ1) is 9.74. The number of likely N-dealkylation sites (tertiary alicyclic amines) is 1. The van der Waals surface area contributed by atoms with Crippen LogP contribution in [0.15, 0.2) is 11.4 Å². The van der Waals surface area contributed by atoms with Gasteiger partial charge in [-0.3, -0.25) is 9.47 Å². The molecular formula is C13H17N3O3S. The third kappa shape index (κ3) is 1.50. The molecule has 0 aliphatic carbocycles. The van der Waals surface area contributed by atoms with E-state index in [0.29, 0.717) is 18.4 Å². The third-order valence-electron chi connectivity index (χ3n) is 4.22. The van der Waals surface area contributed by atoms with E-state index in [4.69, 9.17) is 9.47 Å². The second-order valence-corrected chi connectivity index (χ2v) is 6.41. The quantitative estimate of drug-likeness (QED) is 0.830. The number of fused-ring (bicyclic) bond motifs is 2. The van der Waals surface area contributed by atoms with E-state index in [9.17, 15) is 4.79 Å². The number of amides is 1. The lowest BCUT2D eigenvalue weighted by molar-refractivity contribution is -0.0719. The van der Waals surface area contributed by atoms with Crippen LogP contribution in [0.3, 0.4) is 0 Å². The number of hydrogen-bond donors (Lipinski definition) is 0. The van der Waals surface area contributed by atoms with Crippen LogP contribution in [-0.2, 0) is 15.9 Å². The zero-order chi connectivity index (χ0) is 13.9. The van der Waals surface area contributed by atoms with E-state index >= 15 is 0 Å². The van der Waals surface area contributed by atoms with Gasteiger partial charge in [-0.15, -0.1) is 0 Å². The minimum atomic E-state index is -0.224. The van der Waals surface area contributed by atoms with Crippen LogP contribution in [0, 0.1) is 0 Å². The van der Waals surface area contributed by atoms with E-state index in [1.54, 1.807) is 11.8 Å². The Hall–Kier alpha value is -1.21. The summed E-state index contributed by atoms with van der Waals surface area (Å²) in [5.74, 6) is 0. The van der Waals surface area contributed by atoms with E-state index in [0.717, 1.165) is 12.1 Å². The van der Waals surface area contributed by atoms with Gasteiger partial charge in [0.1, 0.15) is 5.03 Å². The molecule has 4 rings (SSSR count). The number of carbonyl (C=O) groups is 1. The summed E-state index contributed by atoms with van der Waals surface area (Å²) in [4.78, 5) is 18.3. The Morgan fingerprint density at radius 2 is 2.45 bits per heavy atom. The van der Waals surface area contributed by atoms with Gasteiger partial charge in [0, 0.05) is 0 Å². The molecule has 3 aliphatic heterocycles. The Balaban J connectivity index is 1.67. The summed E-state index contributed by atoms with van der Waals surface area (Å²) < 4.78 is 13.3. The monoisotopic (exact) mass is 295 g/mol. The lowest BCUT2D eigenvalue weighted by Crippen LogP contribution is -2.46. The van der Waals surface area contributed by atoms with Crippen molar-refractivity contribution in [3.8, 4) is 0 Å². The summed E-state index contributed by atoms with van der Waals surface area (Å²) >= 11 is 1.80. The SMILES string of the molecule is CCOC(=O)N1CC2OC3C1C2Sc1c(CC)ncn13. The predicted molar refractivity (Wildman–Crippen MR) is 72.7 cm³/mol. The molecule has 0 aromatic carbocycles. The van der Waals surface area contributed by atoms with E-state index in [1.165, 1.54) is 5.03 Å². The van der Waals surface area contributed by atoms with Crippen LogP contribution in [-0.4, -0.2) is 51.1 Å². The van der Waals surface area contributed by atoms with Crippen molar-refractivity contribution >= 4 is 17.9 Å². The number of aryl methyl sites for hydroxylation is 1. The number of thioether (sulfide) groups is 1. The van der Waals surface area contributed by atoms with Gasteiger partial charge in [-0.1, -0.05) is 18.7 Å². The lowest BCUT2D eigenvalue weighted by atomic mass is 10.2. The average molecular weight is 295 g/mol. The smallest absolute Gasteiger partial charge is 0.410 e. The molecule has 2 fully saturated rings. The van der Waals surface area contributed by atoms with Crippen molar-refractivity contribution in [2.45, 2.75) is 48.9 Å². The van der Waals surface area contributed by atoms with Gasteiger partial charge in [0.2, 0.25) is 0 Å². The molecule has 1 aromatic heterocycles. The number of morpholine rings is 1. The van der Waals surface area contributed by atoms with Gasteiger partial charge in [0.25, 0.3) is 0 Å². The predicted octanol–water partition coefficient (Wildman–Crippen LogP) is 1.66. The highest BCUT2D eigenvalue weighted by molar-refractivity contribution is 8.00. The first-order valence-electron chi connectivity index (χ1n) is 7.05. The normalized spacial score (nSPS) is 33.4. The van der Waals surface area contributed by atoms with Gasteiger partial charge >= 0.3 is 6.09 Å². The fraction of sp³-hybridized carbons (Fsp3) is 0.692. The Bertz CT molecular complexity index is 561. The van der Waals surface area contributed by atoms with Crippen molar-refractivity contribution in [2.24, 2.45) is 0 Å². The number of rotatable bonds is 2. The van der Waals surface area contributed by atoms with Crippen LogP contribution in [0.5, 0.6) is 0 Å². The maximum atomic E-state index is 12.1. The van der Waals surface area contributed by atoms with Gasteiger partial charge in [0.15, 0.2) is 6.23 Å². The van der Waals surface area contributed by atoms with Crippen molar-refractivity contribution in [3.63, 3.8) is 0 Å². The first-order valence-corrected chi connectivity index (χ1v) is 7.93. The molecular weight excluding hydrogens is 278 g/mol.